The van der Waals surface area contributed by atoms with E-state index in [0.717, 1.165) is 23.1 Å². The normalized spacial score (nSPS) is 19.2. The number of hydrogen-bond donors (Lipinski definition) is 3. The number of nitrogens with two attached hydrogens (primary N) is 1. The predicted octanol–water partition coefficient (Wildman–Crippen LogP) is 2.75. The fraction of sp³-hybridized carbons (Fsp3) is 0.368. The number of nitrogen functional groups attached to an aromatic ring is 1. The molecule has 0 saturated carbocycles. The first kappa shape index (κ1) is 22.8. The van der Waals surface area contributed by atoms with E-state index in [1.807, 2.05) is 6.92 Å². The zero-order chi connectivity index (χ0) is 24.1. The number of pyridine rings is 1. The molecule has 4 rings (SSSR count). The molecule has 0 radical (unpaired) electrons. The Labute approximate surface area is 182 Å². The van der Waals surface area contributed by atoms with Crippen LogP contribution in [0, 0.1) is 5.92 Å². The number of amides is 1. The largest absolute Gasteiger partial charge is 0.434 e. The van der Waals surface area contributed by atoms with Gasteiger partial charge in [-0.1, -0.05) is 6.92 Å². The molecule has 33 heavy (non-hydrogen) atoms. The van der Waals surface area contributed by atoms with Crippen LogP contribution >= 0.6 is 0 Å². The van der Waals surface area contributed by atoms with Gasteiger partial charge in [0.2, 0.25) is 0 Å². The summed E-state index contributed by atoms with van der Waals surface area (Å²) in [6, 6.07) is 1.11. The quantitative estimate of drug-likeness (QED) is 0.505. The highest BCUT2D eigenvalue weighted by molar-refractivity contribution is 5.97. The van der Waals surface area contributed by atoms with Gasteiger partial charge in [0.05, 0.1) is 16.8 Å². The van der Waals surface area contributed by atoms with E-state index in [4.69, 9.17) is 5.73 Å². The Morgan fingerprint density at radius 2 is 1.88 bits per heavy atom. The molecule has 14 heteroatoms. The van der Waals surface area contributed by atoms with Gasteiger partial charge in [-0.3, -0.25) is 9.78 Å². The average molecular weight is 473 g/mol. The van der Waals surface area contributed by atoms with Crippen molar-refractivity contribution in [3.8, 4) is 11.3 Å². The number of nitrogens with zero attached hydrogens (tertiary/aromatic N) is 4. The van der Waals surface area contributed by atoms with Crippen LogP contribution in [0.25, 0.3) is 16.8 Å². The molecule has 8 nitrogen and oxygen atoms in total. The van der Waals surface area contributed by atoms with E-state index >= 15 is 0 Å². The lowest BCUT2D eigenvalue weighted by atomic mass is 10.0. The van der Waals surface area contributed by atoms with Gasteiger partial charge in [-0.05, 0) is 24.6 Å². The van der Waals surface area contributed by atoms with Crippen LogP contribution in [0.4, 0.5) is 32.2 Å². The Hall–Kier alpha value is -3.42. The number of carbonyl (C=O) groups is 1. The Morgan fingerprint density at radius 1 is 1.15 bits per heavy atom. The van der Waals surface area contributed by atoms with E-state index < -0.39 is 52.5 Å². The predicted molar refractivity (Wildman–Crippen MR) is 104 cm³/mol. The van der Waals surface area contributed by atoms with Crippen LogP contribution in [0.5, 0.6) is 0 Å². The molecule has 0 aromatic carbocycles. The van der Waals surface area contributed by atoms with Gasteiger partial charge in [0.25, 0.3) is 5.91 Å². The first-order chi connectivity index (χ1) is 15.4. The van der Waals surface area contributed by atoms with E-state index in [0.29, 0.717) is 19.2 Å². The summed E-state index contributed by atoms with van der Waals surface area (Å²) in [4.78, 5) is 19.7. The molecule has 1 fully saturated rings. The molecule has 3 aromatic heterocycles. The molecule has 3 aromatic rings. The zero-order valence-corrected chi connectivity index (χ0v) is 16.9. The van der Waals surface area contributed by atoms with Crippen LogP contribution in [0.2, 0.25) is 0 Å². The molecular formula is C19H17F6N7O. The fourth-order valence-corrected chi connectivity index (χ4v) is 3.74. The van der Waals surface area contributed by atoms with E-state index in [1.54, 1.807) is 0 Å². The van der Waals surface area contributed by atoms with Crippen molar-refractivity contribution in [2.24, 2.45) is 5.92 Å². The summed E-state index contributed by atoms with van der Waals surface area (Å²) >= 11 is 0. The summed E-state index contributed by atoms with van der Waals surface area (Å²) in [7, 11) is 0. The first-order valence-corrected chi connectivity index (χ1v) is 9.66. The number of aromatic nitrogens is 4. The number of rotatable bonds is 3. The highest BCUT2D eigenvalue weighted by Crippen LogP contribution is 2.39. The van der Waals surface area contributed by atoms with Gasteiger partial charge in [0.15, 0.2) is 11.5 Å². The molecule has 1 amide bonds. The van der Waals surface area contributed by atoms with Crippen molar-refractivity contribution in [3.05, 3.63) is 41.5 Å². The van der Waals surface area contributed by atoms with E-state index in [1.165, 1.54) is 0 Å². The second kappa shape index (κ2) is 7.86. The van der Waals surface area contributed by atoms with Gasteiger partial charge in [0.1, 0.15) is 11.8 Å². The molecule has 176 valence electrons. The Morgan fingerprint density at radius 3 is 2.48 bits per heavy atom. The van der Waals surface area contributed by atoms with Crippen LogP contribution in [-0.4, -0.2) is 44.6 Å². The molecule has 0 aliphatic carbocycles. The number of carbonyl (C=O) groups excluding carboxylic acids is 1. The molecule has 0 unspecified atom stereocenters. The molecule has 4 N–H and O–H groups in total. The minimum atomic E-state index is -4.96. The Kier molecular flexibility index (Phi) is 5.42. The Balaban J connectivity index is 1.86. The number of hydrogen-bond acceptors (Lipinski definition) is 6. The zero-order valence-electron chi connectivity index (χ0n) is 16.9. The maximum absolute atomic E-state index is 13.6. The van der Waals surface area contributed by atoms with Crippen LogP contribution in [0.3, 0.4) is 0 Å². The fourth-order valence-electron chi connectivity index (χ4n) is 3.74. The van der Waals surface area contributed by atoms with Crippen LogP contribution in [0.15, 0.2) is 24.7 Å². The second-order valence-corrected chi connectivity index (χ2v) is 7.68. The van der Waals surface area contributed by atoms with E-state index in [-0.39, 0.29) is 17.2 Å². The third-order valence-electron chi connectivity index (χ3n) is 5.42. The van der Waals surface area contributed by atoms with Crippen molar-refractivity contribution in [2.75, 3.05) is 18.8 Å². The molecule has 1 aliphatic rings. The number of nitrogens with one attached hydrogen (secondary N) is 2. The van der Waals surface area contributed by atoms with Gasteiger partial charge >= 0.3 is 12.4 Å². The number of anilines is 1. The summed E-state index contributed by atoms with van der Waals surface area (Å²) in [5.41, 5.74) is 1.17. The van der Waals surface area contributed by atoms with Crippen LogP contribution in [-0.2, 0) is 12.4 Å². The van der Waals surface area contributed by atoms with Gasteiger partial charge in [-0.15, -0.1) is 0 Å². The molecular weight excluding hydrogens is 456 g/mol. The molecule has 0 spiro atoms. The lowest BCUT2D eigenvalue weighted by Gasteiger charge is -2.18. The van der Waals surface area contributed by atoms with Gasteiger partial charge in [-0.2, -0.15) is 31.4 Å². The van der Waals surface area contributed by atoms with Crippen LogP contribution < -0.4 is 16.4 Å². The second-order valence-electron chi connectivity index (χ2n) is 7.68. The average Bonchev–Trinajstić information content (AvgIpc) is 3.31. The Bertz CT molecular complexity index is 1220. The summed E-state index contributed by atoms with van der Waals surface area (Å²) in [6.07, 6.45) is -8.16. The summed E-state index contributed by atoms with van der Waals surface area (Å²) in [5.74, 6) is -1.53. The van der Waals surface area contributed by atoms with Crippen molar-refractivity contribution >= 4 is 17.2 Å². The first-order valence-electron chi connectivity index (χ1n) is 9.66. The van der Waals surface area contributed by atoms with Gasteiger partial charge < -0.3 is 16.4 Å². The third kappa shape index (κ3) is 4.17. The highest BCUT2D eigenvalue weighted by atomic mass is 19.4. The van der Waals surface area contributed by atoms with Crippen molar-refractivity contribution in [3.63, 3.8) is 0 Å². The SMILES string of the molecule is C[C@H]1CNC[C@H]1NC(=O)c1cc(-c2cc(C(F)(F)F)c3c(N)ncnn23)cnc1C(F)(F)F. The summed E-state index contributed by atoms with van der Waals surface area (Å²) < 4.78 is 82.1. The third-order valence-corrected chi connectivity index (χ3v) is 5.42. The number of halogens is 6. The number of fused-ring (bicyclic) bond motifs is 1. The minimum absolute atomic E-state index is 0.0250. The lowest BCUT2D eigenvalue weighted by molar-refractivity contribution is -0.141. The standard InChI is InChI=1S/C19H17F6N7O/c1-8-4-27-6-12(8)31-17(33)10-2-9(5-28-15(10)19(23,24)25)13-3-11(18(20,21)22)14-16(26)29-7-30-32(13)14/h2-3,5,7-8,12,27H,4,6H2,1H3,(H,31,33)(H2,26,29,30)/t8-,12+/m0/s1. The van der Waals surface area contributed by atoms with Crippen molar-refractivity contribution in [1.82, 2.24) is 30.2 Å². The summed E-state index contributed by atoms with van der Waals surface area (Å²) in [6.45, 7) is 2.77. The summed E-state index contributed by atoms with van der Waals surface area (Å²) in [5, 5.41) is 9.31. The van der Waals surface area contributed by atoms with Gasteiger partial charge in [0, 0.05) is 24.3 Å². The molecule has 1 saturated heterocycles. The minimum Gasteiger partial charge on any atom is -0.382 e. The lowest BCUT2D eigenvalue weighted by Crippen LogP contribution is -2.40. The number of alkyl halides is 6. The van der Waals surface area contributed by atoms with Crippen LogP contribution in [0.1, 0.15) is 28.5 Å². The van der Waals surface area contributed by atoms with E-state index in [9.17, 15) is 31.1 Å². The molecule has 2 atom stereocenters. The van der Waals surface area contributed by atoms with Crippen molar-refractivity contribution < 1.29 is 31.1 Å². The molecule has 0 bridgehead atoms. The van der Waals surface area contributed by atoms with Crippen molar-refractivity contribution in [2.45, 2.75) is 25.3 Å². The van der Waals surface area contributed by atoms with Gasteiger partial charge in [-0.25, -0.2) is 9.50 Å². The maximum atomic E-state index is 13.6. The topological polar surface area (TPSA) is 110 Å². The van der Waals surface area contributed by atoms with E-state index in [2.05, 4.69) is 25.7 Å². The highest BCUT2D eigenvalue weighted by Gasteiger charge is 2.40. The monoisotopic (exact) mass is 473 g/mol. The van der Waals surface area contributed by atoms with Crippen molar-refractivity contribution in [1.29, 1.82) is 0 Å². The smallest absolute Gasteiger partial charge is 0.382 e. The molecule has 4 heterocycles. The maximum Gasteiger partial charge on any atom is 0.434 e. The molecule has 1 aliphatic heterocycles.